The number of benzene rings is 1. The first kappa shape index (κ1) is 15.5. The third-order valence-corrected chi connectivity index (χ3v) is 4.43. The van der Waals surface area contributed by atoms with E-state index in [4.69, 9.17) is 0 Å². The fourth-order valence-electron chi connectivity index (χ4n) is 3.39. The summed E-state index contributed by atoms with van der Waals surface area (Å²) < 4.78 is 13.8. The summed E-state index contributed by atoms with van der Waals surface area (Å²) in [7, 11) is 0. The normalized spacial score (nSPS) is 18.4. The third kappa shape index (κ3) is 3.21. The molecule has 1 N–H and O–H groups in total. The summed E-state index contributed by atoms with van der Waals surface area (Å²) in [4.78, 5) is 2.53. The highest BCUT2D eigenvalue weighted by molar-refractivity contribution is 5.28. The molecule has 20 heavy (non-hydrogen) atoms. The first-order valence-electron chi connectivity index (χ1n) is 7.70. The molecule has 2 nitrogen and oxygen atoms in total. The number of nitrogens with one attached hydrogen (secondary N) is 1. The highest BCUT2D eigenvalue weighted by Gasteiger charge is 2.37. The Morgan fingerprint density at radius 2 is 1.90 bits per heavy atom. The van der Waals surface area contributed by atoms with Gasteiger partial charge in [0.25, 0.3) is 0 Å². The van der Waals surface area contributed by atoms with E-state index in [2.05, 4.69) is 37.1 Å². The fourth-order valence-corrected chi connectivity index (χ4v) is 3.39. The Hall–Kier alpha value is -0.930. The van der Waals surface area contributed by atoms with E-state index in [0.29, 0.717) is 0 Å². The van der Waals surface area contributed by atoms with Gasteiger partial charge in [0.2, 0.25) is 0 Å². The Bertz CT molecular complexity index is 430. The largest absolute Gasteiger partial charge is 0.309 e. The van der Waals surface area contributed by atoms with Crippen LogP contribution in [0.3, 0.4) is 0 Å². The zero-order valence-electron chi connectivity index (χ0n) is 13.2. The summed E-state index contributed by atoms with van der Waals surface area (Å²) in [6.45, 7) is 11.8. The predicted molar refractivity (Wildman–Crippen MR) is 82.4 cm³/mol. The number of likely N-dealkylation sites (N-methyl/N-ethyl adjacent to an activating group) is 1. The number of likely N-dealkylation sites (tertiary alicyclic amines) is 1. The van der Waals surface area contributed by atoms with E-state index in [9.17, 15) is 4.39 Å². The zero-order chi connectivity index (χ0) is 14.8. The van der Waals surface area contributed by atoms with Crippen molar-refractivity contribution in [3.05, 3.63) is 35.1 Å². The summed E-state index contributed by atoms with van der Waals surface area (Å²) >= 11 is 0. The topological polar surface area (TPSA) is 15.3 Å². The van der Waals surface area contributed by atoms with Crippen molar-refractivity contribution >= 4 is 0 Å². The van der Waals surface area contributed by atoms with E-state index < -0.39 is 0 Å². The minimum absolute atomic E-state index is 0.00720. The summed E-state index contributed by atoms with van der Waals surface area (Å²) in [6.07, 6.45) is 2.54. The quantitative estimate of drug-likeness (QED) is 0.884. The van der Waals surface area contributed by atoms with Gasteiger partial charge >= 0.3 is 0 Å². The van der Waals surface area contributed by atoms with Gasteiger partial charge in [-0.1, -0.05) is 13.0 Å². The van der Waals surface area contributed by atoms with Crippen molar-refractivity contribution in [1.29, 1.82) is 0 Å². The average Bonchev–Trinajstić information content (AvgIpc) is 2.88. The van der Waals surface area contributed by atoms with Crippen LogP contribution >= 0.6 is 0 Å². The van der Waals surface area contributed by atoms with Crippen molar-refractivity contribution in [3.8, 4) is 0 Å². The molecule has 0 aromatic heterocycles. The van der Waals surface area contributed by atoms with Crippen molar-refractivity contribution < 1.29 is 4.39 Å². The predicted octanol–water partition coefficient (Wildman–Crippen LogP) is 3.66. The zero-order valence-corrected chi connectivity index (χ0v) is 13.2. The van der Waals surface area contributed by atoms with E-state index >= 15 is 0 Å². The molecule has 0 saturated carbocycles. The van der Waals surface area contributed by atoms with Crippen LogP contribution < -0.4 is 5.32 Å². The average molecular weight is 278 g/mol. The smallest absolute Gasteiger partial charge is 0.123 e. The van der Waals surface area contributed by atoms with Crippen molar-refractivity contribution in [2.24, 2.45) is 0 Å². The fraction of sp³-hybridized carbons (Fsp3) is 0.647. The molecular weight excluding hydrogens is 251 g/mol. The summed E-state index contributed by atoms with van der Waals surface area (Å²) in [6, 6.07) is 5.53. The molecule has 1 aliphatic heterocycles. The lowest BCUT2D eigenvalue weighted by Crippen LogP contribution is -2.51. The number of hydrogen-bond donors (Lipinski definition) is 1. The van der Waals surface area contributed by atoms with Gasteiger partial charge in [-0.15, -0.1) is 0 Å². The summed E-state index contributed by atoms with van der Waals surface area (Å²) in [5, 5.41) is 3.56. The van der Waals surface area contributed by atoms with Crippen LogP contribution in [0.4, 0.5) is 4.39 Å². The maximum atomic E-state index is 13.8. The first-order chi connectivity index (χ1) is 9.45. The standard InChI is InChI=1S/C17H27FN2/c1-5-19-16(14-10-13(2)11-15(18)12-14)17(3,4)20-8-6-7-9-20/h10-12,16,19H,5-9H2,1-4H3. The van der Waals surface area contributed by atoms with E-state index in [1.807, 2.05) is 6.92 Å². The molecule has 3 heteroatoms. The van der Waals surface area contributed by atoms with Crippen molar-refractivity contribution in [2.45, 2.75) is 52.1 Å². The van der Waals surface area contributed by atoms with E-state index in [-0.39, 0.29) is 17.4 Å². The van der Waals surface area contributed by atoms with Crippen molar-refractivity contribution in [3.63, 3.8) is 0 Å². The molecule has 0 bridgehead atoms. The summed E-state index contributed by atoms with van der Waals surface area (Å²) in [5.41, 5.74) is 2.04. The van der Waals surface area contributed by atoms with Gasteiger partial charge in [0.05, 0.1) is 6.04 Å². The Kier molecular flexibility index (Phi) is 4.82. The van der Waals surface area contributed by atoms with Crippen molar-refractivity contribution in [1.82, 2.24) is 10.2 Å². The number of aryl methyl sites for hydroxylation is 1. The molecule has 1 unspecified atom stereocenters. The van der Waals surface area contributed by atoms with Gasteiger partial charge in [0.15, 0.2) is 0 Å². The lowest BCUT2D eigenvalue weighted by atomic mass is 9.86. The first-order valence-corrected chi connectivity index (χ1v) is 7.70. The van der Waals surface area contributed by atoms with E-state index in [0.717, 1.165) is 30.8 Å². The van der Waals surface area contributed by atoms with Gasteiger partial charge in [0.1, 0.15) is 5.82 Å². The number of nitrogens with zero attached hydrogens (tertiary/aromatic N) is 1. The molecule has 0 spiro atoms. The van der Waals surface area contributed by atoms with Gasteiger partial charge in [0, 0.05) is 5.54 Å². The van der Waals surface area contributed by atoms with Gasteiger partial charge in [-0.05, 0) is 76.5 Å². The molecule has 0 radical (unpaired) electrons. The van der Waals surface area contributed by atoms with Crippen LogP contribution in [0.1, 0.15) is 50.8 Å². The SMILES string of the molecule is CCNC(c1cc(C)cc(F)c1)C(C)(C)N1CCCC1. The van der Waals surface area contributed by atoms with Gasteiger partial charge in [-0.2, -0.15) is 0 Å². The van der Waals surface area contributed by atoms with Crippen LogP contribution in [0, 0.1) is 12.7 Å². The summed E-state index contributed by atoms with van der Waals surface area (Å²) in [5.74, 6) is -0.139. The second kappa shape index (κ2) is 6.23. The highest BCUT2D eigenvalue weighted by Crippen LogP contribution is 2.34. The molecule has 0 amide bonds. The molecule has 1 atom stereocenters. The molecule has 1 saturated heterocycles. The van der Waals surface area contributed by atoms with Crippen LogP contribution in [0.15, 0.2) is 18.2 Å². The molecule has 1 aliphatic rings. The van der Waals surface area contributed by atoms with E-state index in [1.54, 1.807) is 12.1 Å². The molecule has 1 aromatic rings. The van der Waals surface area contributed by atoms with Crippen LogP contribution in [0.5, 0.6) is 0 Å². The monoisotopic (exact) mass is 278 g/mol. The lowest BCUT2D eigenvalue weighted by molar-refractivity contribution is 0.107. The molecule has 1 fully saturated rings. The minimum Gasteiger partial charge on any atom is -0.309 e. The number of hydrogen-bond acceptors (Lipinski definition) is 2. The van der Waals surface area contributed by atoms with E-state index in [1.165, 1.54) is 12.8 Å². The number of halogens is 1. The molecule has 2 rings (SSSR count). The third-order valence-electron chi connectivity index (χ3n) is 4.43. The Morgan fingerprint density at radius 3 is 2.45 bits per heavy atom. The highest BCUT2D eigenvalue weighted by atomic mass is 19.1. The second-order valence-electron chi connectivity index (χ2n) is 6.40. The molecule has 112 valence electrons. The van der Waals surface area contributed by atoms with Gasteiger partial charge in [-0.25, -0.2) is 4.39 Å². The lowest BCUT2D eigenvalue weighted by Gasteiger charge is -2.43. The van der Waals surface area contributed by atoms with Gasteiger partial charge in [-0.3, -0.25) is 4.90 Å². The Labute approximate surface area is 122 Å². The second-order valence-corrected chi connectivity index (χ2v) is 6.40. The Balaban J connectivity index is 2.33. The molecule has 0 aliphatic carbocycles. The number of rotatable bonds is 5. The maximum Gasteiger partial charge on any atom is 0.123 e. The Morgan fingerprint density at radius 1 is 1.25 bits per heavy atom. The van der Waals surface area contributed by atoms with Crippen molar-refractivity contribution in [2.75, 3.05) is 19.6 Å². The van der Waals surface area contributed by atoms with Crippen LogP contribution in [-0.2, 0) is 0 Å². The minimum atomic E-state index is -0.139. The van der Waals surface area contributed by atoms with Gasteiger partial charge < -0.3 is 5.32 Å². The molecule has 1 aromatic carbocycles. The maximum absolute atomic E-state index is 13.8. The van der Waals surface area contributed by atoms with Crippen LogP contribution in [-0.4, -0.2) is 30.1 Å². The molecular formula is C17H27FN2. The van der Waals surface area contributed by atoms with Crippen LogP contribution in [0.2, 0.25) is 0 Å². The van der Waals surface area contributed by atoms with Crippen LogP contribution in [0.25, 0.3) is 0 Å². The molecule has 1 heterocycles.